The van der Waals surface area contributed by atoms with Crippen molar-refractivity contribution in [2.45, 2.75) is 39.2 Å². The first-order valence-corrected chi connectivity index (χ1v) is 8.18. The molecule has 0 bridgehead atoms. The largest absolute Gasteiger partial charge is 0.466 e. The number of carbonyl (C=O) groups excluding carboxylic acids is 1. The zero-order valence-electron chi connectivity index (χ0n) is 12.9. The lowest BCUT2D eigenvalue weighted by atomic mass is 9.68. The third-order valence-electron chi connectivity index (χ3n) is 5.12. The zero-order chi connectivity index (χ0) is 14.7. The van der Waals surface area contributed by atoms with Crippen LogP contribution in [0.15, 0.2) is 30.3 Å². The maximum Gasteiger partial charge on any atom is 0.313 e. The third kappa shape index (κ3) is 2.84. The van der Waals surface area contributed by atoms with Gasteiger partial charge in [0.05, 0.1) is 12.0 Å². The summed E-state index contributed by atoms with van der Waals surface area (Å²) in [6, 6.07) is 10.5. The van der Waals surface area contributed by atoms with Crippen molar-refractivity contribution in [3.8, 4) is 0 Å². The molecule has 0 unspecified atom stereocenters. The van der Waals surface area contributed by atoms with Crippen LogP contribution >= 0.6 is 0 Å². The average molecular weight is 287 g/mol. The van der Waals surface area contributed by atoms with Gasteiger partial charge in [0.1, 0.15) is 0 Å². The average Bonchev–Trinajstić information content (AvgIpc) is 2.87. The fourth-order valence-electron chi connectivity index (χ4n) is 4.13. The first kappa shape index (κ1) is 14.6. The highest BCUT2D eigenvalue weighted by Crippen LogP contribution is 2.47. The van der Waals surface area contributed by atoms with Gasteiger partial charge in [-0.25, -0.2) is 0 Å². The molecule has 0 radical (unpaired) electrons. The van der Waals surface area contributed by atoms with Crippen LogP contribution in [0.4, 0.5) is 0 Å². The molecular formula is C18H25NO2. The molecule has 1 aromatic rings. The van der Waals surface area contributed by atoms with Crippen molar-refractivity contribution >= 4 is 5.97 Å². The maximum absolute atomic E-state index is 12.6. The van der Waals surface area contributed by atoms with E-state index in [4.69, 9.17) is 4.74 Å². The molecule has 0 amide bonds. The van der Waals surface area contributed by atoms with Crippen LogP contribution in [0.5, 0.6) is 0 Å². The van der Waals surface area contributed by atoms with E-state index >= 15 is 0 Å². The van der Waals surface area contributed by atoms with E-state index in [-0.39, 0.29) is 11.4 Å². The smallest absolute Gasteiger partial charge is 0.313 e. The molecule has 0 N–H and O–H groups in total. The van der Waals surface area contributed by atoms with Crippen LogP contribution in [-0.4, -0.2) is 30.6 Å². The summed E-state index contributed by atoms with van der Waals surface area (Å²) in [5.74, 6) is 0.527. The Morgan fingerprint density at radius 1 is 1.33 bits per heavy atom. The number of nitrogens with zero attached hydrogens (tertiary/aromatic N) is 1. The number of benzene rings is 1. The van der Waals surface area contributed by atoms with E-state index in [0.29, 0.717) is 12.5 Å². The summed E-state index contributed by atoms with van der Waals surface area (Å²) in [6.45, 7) is 5.24. The lowest BCUT2D eigenvalue weighted by molar-refractivity contribution is -0.159. The van der Waals surface area contributed by atoms with Gasteiger partial charge in [0.2, 0.25) is 0 Å². The predicted octanol–water partition coefficient (Wildman–Crippen LogP) is 3.24. The molecule has 0 aromatic heterocycles. The van der Waals surface area contributed by atoms with E-state index < -0.39 is 0 Å². The highest BCUT2D eigenvalue weighted by Gasteiger charge is 2.53. The van der Waals surface area contributed by atoms with Crippen LogP contribution in [0.25, 0.3) is 0 Å². The second-order valence-electron chi connectivity index (χ2n) is 6.47. The fourth-order valence-corrected chi connectivity index (χ4v) is 4.13. The van der Waals surface area contributed by atoms with Crippen molar-refractivity contribution in [3.63, 3.8) is 0 Å². The van der Waals surface area contributed by atoms with Gasteiger partial charge < -0.3 is 4.74 Å². The van der Waals surface area contributed by atoms with Gasteiger partial charge in [0.15, 0.2) is 0 Å². The van der Waals surface area contributed by atoms with E-state index in [1.54, 1.807) is 0 Å². The summed E-state index contributed by atoms with van der Waals surface area (Å²) >= 11 is 0. The Kier molecular flexibility index (Phi) is 4.29. The van der Waals surface area contributed by atoms with E-state index in [2.05, 4.69) is 29.2 Å². The minimum absolute atomic E-state index is 0.0465. The number of ether oxygens (including phenoxy) is 1. The number of carbonyl (C=O) groups is 1. The molecule has 3 heteroatoms. The number of fused-ring (bicyclic) bond motifs is 1. The minimum Gasteiger partial charge on any atom is -0.466 e. The van der Waals surface area contributed by atoms with Crippen LogP contribution in [0.2, 0.25) is 0 Å². The van der Waals surface area contributed by atoms with Crippen LogP contribution in [0.3, 0.4) is 0 Å². The van der Waals surface area contributed by atoms with Crippen molar-refractivity contribution in [3.05, 3.63) is 35.9 Å². The van der Waals surface area contributed by atoms with Gasteiger partial charge in [-0.2, -0.15) is 0 Å². The molecule has 3 nitrogen and oxygen atoms in total. The summed E-state index contributed by atoms with van der Waals surface area (Å²) in [7, 11) is 0. The minimum atomic E-state index is -0.233. The van der Waals surface area contributed by atoms with Gasteiger partial charge in [-0.3, -0.25) is 9.69 Å². The van der Waals surface area contributed by atoms with E-state index in [1.807, 2.05) is 13.0 Å². The third-order valence-corrected chi connectivity index (χ3v) is 5.12. The van der Waals surface area contributed by atoms with Crippen molar-refractivity contribution in [2.75, 3.05) is 19.7 Å². The lowest BCUT2D eigenvalue weighted by Gasteiger charge is -2.36. The van der Waals surface area contributed by atoms with Gasteiger partial charge >= 0.3 is 5.97 Å². The topological polar surface area (TPSA) is 29.5 Å². The molecule has 1 saturated carbocycles. The fraction of sp³-hybridized carbons (Fsp3) is 0.611. The molecule has 1 aliphatic carbocycles. The summed E-state index contributed by atoms with van der Waals surface area (Å²) in [6.07, 6.45) is 4.59. The molecule has 2 aliphatic rings. The normalized spacial score (nSPS) is 29.1. The first-order valence-electron chi connectivity index (χ1n) is 8.18. The van der Waals surface area contributed by atoms with Gasteiger partial charge in [0, 0.05) is 19.6 Å². The molecule has 2 fully saturated rings. The lowest BCUT2D eigenvalue weighted by Crippen LogP contribution is -2.42. The van der Waals surface area contributed by atoms with Crippen LogP contribution < -0.4 is 0 Å². The predicted molar refractivity (Wildman–Crippen MR) is 82.7 cm³/mol. The summed E-state index contributed by atoms with van der Waals surface area (Å²) < 4.78 is 5.42. The summed E-state index contributed by atoms with van der Waals surface area (Å²) in [5.41, 5.74) is 1.10. The molecule has 21 heavy (non-hydrogen) atoms. The maximum atomic E-state index is 12.6. The van der Waals surface area contributed by atoms with E-state index in [0.717, 1.165) is 32.5 Å². The molecule has 114 valence electrons. The van der Waals surface area contributed by atoms with E-state index in [1.165, 1.54) is 18.4 Å². The molecule has 1 heterocycles. The van der Waals surface area contributed by atoms with Crippen LogP contribution in [0.1, 0.15) is 38.2 Å². The highest BCUT2D eigenvalue weighted by molar-refractivity contribution is 5.78. The van der Waals surface area contributed by atoms with E-state index in [9.17, 15) is 4.79 Å². The number of rotatable bonds is 4. The monoisotopic (exact) mass is 287 g/mol. The Morgan fingerprint density at radius 3 is 2.90 bits per heavy atom. The van der Waals surface area contributed by atoms with Gasteiger partial charge in [-0.15, -0.1) is 0 Å². The summed E-state index contributed by atoms with van der Waals surface area (Å²) in [5, 5.41) is 0. The number of esters is 1. The van der Waals surface area contributed by atoms with Gasteiger partial charge in [-0.1, -0.05) is 43.2 Å². The highest BCUT2D eigenvalue weighted by atomic mass is 16.5. The van der Waals surface area contributed by atoms with Crippen molar-refractivity contribution in [2.24, 2.45) is 11.3 Å². The van der Waals surface area contributed by atoms with Crippen molar-refractivity contribution in [1.29, 1.82) is 0 Å². The first-order chi connectivity index (χ1) is 10.2. The second-order valence-corrected chi connectivity index (χ2v) is 6.47. The van der Waals surface area contributed by atoms with Crippen molar-refractivity contribution < 1.29 is 9.53 Å². The Morgan fingerprint density at radius 2 is 2.14 bits per heavy atom. The van der Waals surface area contributed by atoms with Gasteiger partial charge in [0.25, 0.3) is 0 Å². The molecule has 0 spiro atoms. The quantitative estimate of drug-likeness (QED) is 0.796. The van der Waals surface area contributed by atoms with Crippen LogP contribution in [-0.2, 0) is 16.1 Å². The van der Waals surface area contributed by atoms with Crippen molar-refractivity contribution in [1.82, 2.24) is 4.90 Å². The Bertz CT molecular complexity index is 487. The molecule has 2 atom stereocenters. The Labute approximate surface area is 127 Å². The Hall–Kier alpha value is -1.35. The van der Waals surface area contributed by atoms with Gasteiger partial charge in [-0.05, 0) is 31.2 Å². The number of hydrogen-bond acceptors (Lipinski definition) is 3. The SMILES string of the molecule is CCOC(=O)[C@]12CCCC[C@H]1CN(Cc1ccccc1)C2. The molecular weight excluding hydrogens is 262 g/mol. The number of hydrogen-bond donors (Lipinski definition) is 0. The van der Waals surface area contributed by atoms with Crippen LogP contribution in [0, 0.1) is 11.3 Å². The summed E-state index contributed by atoms with van der Waals surface area (Å²) in [4.78, 5) is 15.0. The molecule has 1 saturated heterocycles. The molecule has 1 aliphatic heterocycles. The molecule has 1 aromatic carbocycles. The second kappa shape index (κ2) is 6.18. The standard InChI is InChI=1S/C18H25NO2/c1-2-21-17(20)18-11-7-6-10-16(18)13-19(14-18)12-15-8-4-3-5-9-15/h3-5,8-9,16H,2,6-7,10-14H2,1H3/t16-,18-/m0/s1. The molecule has 3 rings (SSSR count). The number of likely N-dealkylation sites (tertiary alicyclic amines) is 1. The Balaban J connectivity index is 1.74. The zero-order valence-corrected chi connectivity index (χ0v) is 12.9.